The van der Waals surface area contributed by atoms with E-state index in [-0.39, 0.29) is 29.9 Å². The zero-order valence-corrected chi connectivity index (χ0v) is 17.4. The SMILES string of the molecule is O=C(Nc1ccc(S(=O)(=O)NCc2ccco2)cc1)[C@H]1COc2ccc(Cl)cc2C1. The molecule has 0 saturated heterocycles. The molecule has 2 N–H and O–H groups in total. The van der Waals surface area contributed by atoms with Gasteiger partial charge in [0.25, 0.3) is 0 Å². The second-order valence-electron chi connectivity index (χ2n) is 6.88. The molecule has 0 saturated carbocycles. The molecule has 7 nitrogen and oxygen atoms in total. The molecule has 30 heavy (non-hydrogen) atoms. The zero-order valence-electron chi connectivity index (χ0n) is 15.8. The lowest BCUT2D eigenvalue weighted by molar-refractivity contribution is -0.121. The number of carbonyl (C=O) groups is 1. The number of hydrogen-bond acceptors (Lipinski definition) is 5. The van der Waals surface area contributed by atoms with Crippen molar-refractivity contribution in [2.45, 2.75) is 17.9 Å². The van der Waals surface area contributed by atoms with Crippen molar-refractivity contribution in [1.29, 1.82) is 0 Å². The first-order valence-corrected chi connectivity index (χ1v) is 11.1. The first-order valence-electron chi connectivity index (χ1n) is 9.25. The van der Waals surface area contributed by atoms with Crippen molar-refractivity contribution in [3.05, 3.63) is 77.2 Å². The number of benzene rings is 2. The highest BCUT2D eigenvalue weighted by Crippen LogP contribution is 2.30. The molecule has 1 atom stereocenters. The summed E-state index contributed by atoms with van der Waals surface area (Å²) in [5.74, 6) is 0.682. The van der Waals surface area contributed by atoms with Crippen molar-refractivity contribution in [1.82, 2.24) is 4.72 Å². The Morgan fingerprint density at radius 2 is 1.93 bits per heavy atom. The van der Waals surface area contributed by atoms with Crippen molar-refractivity contribution in [3.63, 3.8) is 0 Å². The third-order valence-electron chi connectivity index (χ3n) is 4.75. The average Bonchev–Trinajstić information content (AvgIpc) is 3.26. The number of carbonyl (C=O) groups excluding carboxylic acids is 1. The van der Waals surface area contributed by atoms with Gasteiger partial charge < -0.3 is 14.5 Å². The molecular weight excluding hydrogens is 428 g/mol. The molecule has 0 unspecified atom stereocenters. The van der Waals surface area contributed by atoms with Crippen LogP contribution in [-0.2, 0) is 27.8 Å². The van der Waals surface area contributed by atoms with Crippen LogP contribution in [-0.4, -0.2) is 20.9 Å². The van der Waals surface area contributed by atoms with Crippen molar-refractivity contribution >= 4 is 33.2 Å². The number of rotatable bonds is 6. The number of amides is 1. The molecule has 2 aromatic carbocycles. The van der Waals surface area contributed by atoms with Gasteiger partial charge in [-0.25, -0.2) is 13.1 Å². The van der Waals surface area contributed by atoms with E-state index in [0.717, 1.165) is 11.3 Å². The van der Waals surface area contributed by atoms with E-state index < -0.39 is 10.0 Å². The summed E-state index contributed by atoms with van der Waals surface area (Å²) in [5, 5.41) is 3.40. The number of hydrogen-bond donors (Lipinski definition) is 2. The Bertz CT molecular complexity index is 1140. The van der Waals surface area contributed by atoms with Crippen molar-refractivity contribution in [3.8, 4) is 5.75 Å². The van der Waals surface area contributed by atoms with Crippen molar-refractivity contribution in [2.75, 3.05) is 11.9 Å². The second-order valence-corrected chi connectivity index (χ2v) is 9.09. The van der Waals surface area contributed by atoms with Crippen LogP contribution in [0.15, 0.2) is 70.2 Å². The van der Waals surface area contributed by atoms with Crippen LogP contribution in [0.1, 0.15) is 11.3 Å². The molecule has 0 bridgehead atoms. The number of halogens is 1. The smallest absolute Gasteiger partial charge is 0.240 e. The summed E-state index contributed by atoms with van der Waals surface area (Å²) in [6, 6.07) is 14.7. The Labute approximate surface area is 179 Å². The maximum Gasteiger partial charge on any atom is 0.240 e. The number of nitrogens with one attached hydrogen (secondary N) is 2. The molecule has 0 spiro atoms. The maximum absolute atomic E-state index is 12.6. The average molecular weight is 447 g/mol. The Hall–Kier alpha value is -2.81. The number of ether oxygens (including phenoxy) is 1. The van der Waals surface area contributed by atoms with Gasteiger partial charge in [-0.2, -0.15) is 0 Å². The summed E-state index contributed by atoms with van der Waals surface area (Å²) >= 11 is 6.02. The summed E-state index contributed by atoms with van der Waals surface area (Å²) in [7, 11) is -3.69. The minimum atomic E-state index is -3.69. The third kappa shape index (κ3) is 4.67. The molecule has 1 aliphatic rings. The molecule has 156 valence electrons. The topological polar surface area (TPSA) is 97.6 Å². The number of sulfonamides is 1. The van der Waals surface area contributed by atoms with Crippen LogP contribution in [0.3, 0.4) is 0 Å². The Kier molecular flexibility index (Phi) is 5.80. The lowest BCUT2D eigenvalue weighted by atomic mass is 9.96. The molecule has 1 amide bonds. The second kappa shape index (κ2) is 8.51. The minimum Gasteiger partial charge on any atom is -0.492 e. The zero-order chi connectivity index (χ0) is 21.1. The number of fused-ring (bicyclic) bond motifs is 1. The molecule has 0 radical (unpaired) electrons. The number of furan rings is 1. The van der Waals surface area contributed by atoms with E-state index in [2.05, 4.69) is 10.0 Å². The van der Waals surface area contributed by atoms with Gasteiger partial charge in [-0.1, -0.05) is 11.6 Å². The molecule has 2 heterocycles. The summed E-state index contributed by atoms with van der Waals surface area (Å²) in [5.41, 5.74) is 1.39. The normalized spacial score (nSPS) is 15.8. The Morgan fingerprint density at radius 3 is 2.67 bits per heavy atom. The highest BCUT2D eigenvalue weighted by molar-refractivity contribution is 7.89. The summed E-state index contributed by atoms with van der Waals surface area (Å²) < 4.78 is 38.0. The highest BCUT2D eigenvalue weighted by Gasteiger charge is 2.26. The van der Waals surface area contributed by atoms with Crippen LogP contribution in [0.2, 0.25) is 5.02 Å². The van der Waals surface area contributed by atoms with Crippen LogP contribution < -0.4 is 14.8 Å². The number of anilines is 1. The van der Waals surface area contributed by atoms with Crippen LogP contribution in [0.25, 0.3) is 0 Å². The van der Waals surface area contributed by atoms with Gasteiger partial charge in [-0.05, 0) is 66.6 Å². The molecule has 0 fully saturated rings. The van der Waals surface area contributed by atoms with Crippen LogP contribution in [0, 0.1) is 5.92 Å². The van der Waals surface area contributed by atoms with E-state index in [1.54, 1.807) is 42.5 Å². The maximum atomic E-state index is 12.6. The molecule has 1 aromatic heterocycles. The minimum absolute atomic E-state index is 0.0565. The van der Waals surface area contributed by atoms with E-state index >= 15 is 0 Å². The quantitative estimate of drug-likeness (QED) is 0.603. The van der Waals surface area contributed by atoms with Gasteiger partial charge in [0.05, 0.1) is 23.6 Å². The standard InChI is InChI=1S/C21H19ClN2O5S/c22-16-3-8-20-14(11-16)10-15(13-29-20)21(25)24-17-4-6-19(7-5-17)30(26,27)23-12-18-2-1-9-28-18/h1-9,11,15,23H,10,12-13H2,(H,24,25)/t15-/m1/s1. The van der Waals surface area contributed by atoms with Crippen LogP contribution >= 0.6 is 11.6 Å². The van der Waals surface area contributed by atoms with Gasteiger partial charge in [0, 0.05) is 10.7 Å². The van der Waals surface area contributed by atoms with E-state index in [0.29, 0.717) is 22.9 Å². The fraction of sp³-hybridized carbons (Fsp3) is 0.190. The van der Waals surface area contributed by atoms with Crippen LogP contribution in [0.5, 0.6) is 5.75 Å². The summed E-state index contributed by atoms with van der Waals surface area (Å²) in [6.07, 6.45) is 2.00. The van der Waals surface area contributed by atoms with E-state index in [1.165, 1.54) is 18.4 Å². The highest BCUT2D eigenvalue weighted by atomic mass is 35.5. The molecule has 3 aromatic rings. The third-order valence-corrected chi connectivity index (χ3v) is 6.40. The molecular formula is C21H19ClN2O5S. The lowest BCUT2D eigenvalue weighted by Crippen LogP contribution is -2.32. The van der Waals surface area contributed by atoms with E-state index in [4.69, 9.17) is 20.8 Å². The first-order chi connectivity index (χ1) is 14.4. The fourth-order valence-corrected chi connectivity index (χ4v) is 4.34. The van der Waals surface area contributed by atoms with E-state index in [9.17, 15) is 13.2 Å². The Balaban J connectivity index is 1.38. The lowest BCUT2D eigenvalue weighted by Gasteiger charge is -2.24. The predicted octanol–water partition coefficient (Wildman–Crippen LogP) is 3.60. The summed E-state index contributed by atoms with van der Waals surface area (Å²) in [4.78, 5) is 12.7. The van der Waals surface area contributed by atoms with Gasteiger partial charge in [-0.3, -0.25) is 4.79 Å². The summed E-state index contributed by atoms with van der Waals surface area (Å²) in [6.45, 7) is 0.324. The Morgan fingerprint density at radius 1 is 1.13 bits per heavy atom. The van der Waals surface area contributed by atoms with Crippen LogP contribution in [0.4, 0.5) is 5.69 Å². The monoisotopic (exact) mass is 446 g/mol. The van der Waals surface area contributed by atoms with Gasteiger partial charge in [0.15, 0.2) is 0 Å². The van der Waals surface area contributed by atoms with Gasteiger partial charge >= 0.3 is 0 Å². The van der Waals surface area contributed by atoms with Gasteiger partial charge in [0.1, 0.15) is 18.1 Å². The molecule has 0 aliphatic carbocycles. The largest absolute Gasteiger partial charge is 0.492 e. The molecule has 9 heteroatoms. The predicted molar refractivity (Wildman–Crippen MR) is 112 cm³/mol. The van der Waals surface area contributed by atoms with Crippen molar-refractivity contribution < 1.29 is 22.4 Å². The molecule has 1 aliphatic heterocycles. The molecule has 4 rings (SSSR count). The van der Waals surface area contributed by atoms with Gasteiger partial charge in [-0.15, -0.1) is 0 Å². The van der Waals surface area contributed by atoms with Gasteiger partial charge in [0.2, 0.25) is 15.9 Å². The van der Waals surface area contributed by atoms with E-state index in [1.807, 2.05) is 0 Å². The first kappa shape index (κ1) is 20.5. The fourth-order valence-electron chi connectivity index (χ4n) is 3.16. The van der Waals surface area contributed by atoms with Crippen molar-refractivity contribution in [2.24, 2.45) is 5.92 Å².